The van der Waals surface area contributed by atoms with Crippen molar-refractivity contribution in [2.24, 2.45) is 4.99 Å². The van der Waals surface area contributed by atoms with Gasteiger partial charge in [-0.15, -0.1) is 24.0 Å². The van der Waals surface area contributed by atoms with Crippen LogP contribution in [0.5, 0.6) is 5.75 Å². The van der Waals surface area contributed by atoms with Crippen molar-refractivity contribution in [1.29, 1.82) is 0 Å². The first-order chi connectivity index (χ1) is 14.0. The third-order valence-corrected chi connectivity index (χ3v) is 4.50. The molecule has 0 bridgehead atoms. The van der Waals surface area contributed by atoms with Gasteiger partial charge < -0.3 is 20.1 Å². The van der Waals surface area contributed by atoms with Gasteiger partial charge in [-0.05, 0) is 39.8 Å². The molecule has 1 aromatic heterocycles. The van der Waals surface area contributed by atoms with E-state index in [9.17, 15) is 4.39 Å². The molecule has 0 aliphatic rings. The molecule has 0 saturated carbocycles. The Labute approximate surface area is 195 Å². The van der Waals surface area contributed by atoms with E-state index in [1.807, 2.05) is 32.4 Å². The summed E-state index contributed by atoms with van der Waals surface area (Å²) in [5.41, 5.74) is 3.17. The molecule has 2 rings (SSSR count). The van der Waals surface area contributed by atoms with Crippen LogP contribution in [-0.2, 0) is 17.8 Å². The number of hydrogen-bond acceptors (Lipinski definition) is 4. The van der Waals surface area contributed by atoms with E-state index in [4.69, 9.17) is 9.47 Å². The molecule has 0 amide bonds. The van der Waals surface area contributed by atoms with Crippen molar-refractivity contribution in [1.82, 2.24) is 20.4 Å². The summed E-state index contributed by atoms with van der Waals surface area (Å²) in [4.78, 5) is 4.68. The Bertz CT molecular complexity index is 813. The van der Waals surface area contributed by atoms with E-state index in [1.54, 1.807) is 25.3 Å². The summed E-state index contributed by atoms with van der Waals surface area (Å²) in [6, 6.07) is 6.40. The Morgan fingerprint density at radius 2 is 2.00 bits per heavy atom. The van der Waals surface area contributed by atoms with Gasteiger partial charge in [0.15, 0.2) is 17.5 Å². The summed E-state index contributed by atoms with van der Waals surface area (Å²) in [5.74, 6) is 0.565. The maximum absolute atomic E-state index is 13.7. The first-order valence-electron chi connectivity index (χ1n) is 9.91. The number of benzene rings is 1. The minimum Gasteiger partial charge on any atom is -0.486 e. The number of ether oxygens (including phenoxy) is 2. The van der Waals surface area contributed by atoms with Gasteiger partial charge in [0.1, 0.15) is 6.10 Å². The molecule has 0 spiro atoms. The van der Waals surface area contributed by atoms with Crippen LogP contribution in [0, 0.1) is 19.7 Å². The minimum atomic E-state index is -0.364. The number of halogens is 2. The lowest BCUT2D eigenvalue weighted by Gasteiger charge is -2.18. The van der Waals surface area contributed by atoms with Crippen LogP contribution in [0.15, 0.2) is 29.3 Å². The van der Waals surface area contributed by atoms with Gasteiger partial charge in [0.25, 0.3) is 0 Å². The second-order valence-electron chi connectivity index (χ2n) is 6.80. The molecule has 168 valence electrons. The number of aryl methyl sites for hydroxylation is 1. The number of guanidine groups is 1. The van der Waals surface area contributed by atoms with Crippen molar-refractivity contribution in [2.45, 2.75) is 46.9 Å². The second-order valence-corrected chi connectivity index (χ2v) is 6.80. The molecule has 0 aliphatic heterocycles. The van der Waals surface area contributed by atoms with Crippen LogP contribution in [0.3, 0.4) is 0 Å². The van der Waals surface area contributed by atoms with Crippen LogP contribution in [0.1, 0.15) is 30.8 Å². The standard InChI is InChI=1S/C21H32FN5O2.HI/c1-6-23-21(24-13-15(2)29-20-10-8-7-9-19(20)22)25-14-18-16(3)26-27(17(18)4)11-12-28-5;/h7-10,15H,6,11-14H2,1-5H3,(H2,23,24,25);1H. The van der Waals surface area contributed by atoms with Gasteiger partial charge in [0, 0.05) is 24.9 Å². The number of aliphatic imine (C=N–C) groups is 1. The fraction of sp³-hybridized carbons (Fsp3) is 0.524. The van der Waals surface area contributed by atoms with Crippen molar-refractivity contribution < 1.29 is 13.9 Å². The van der Waals surface area contributed by atoms with E-state index in [-0.39, 0.29) is 41.6 Å². The second kappa shape index (κ2) is 13.4. The number of nitrogens with one attached hydrogen (secondary N) is 2. The number of methoxy groups -OCH3 is 1. The molecule has 2 aromatic rings. The highest BCUT2D eigenvalue weighted by molar-refractivity contribution is 14.0. The Morgan fingerprint density at radius 3 is 2.67 bits per heavy atom. The van der Waals surface area contributed by atoms with Crippen LogP contribution in [0.25, 0.3) is 0 Å². The van der Waals surface area contributed by atoms with E-state index in [0.717, 1.165) is 30.0 Å². The van der Waals surface area contributed by atoms with Gasteiger partial charge in [0.05, 0.1) is 31.9 Å². The fourth-order valence-electron chi connectivity index (χ4n) is 2.90. The van der Waals surface area contributed by atoms with Crippen LogP contribution < -0.4 is 15.4 Å². The summed E-state index contributed by atoms with van der Waals surface area (Å²) >= 11 is 0. The predicted octanol–water partition coefficient (Wildman–Crippen LogP) is 3.43. The summed E-state index contributed by atoms with van der Waals surface area (Å²) in [7, 11) is 1.68. The topological polar surface area (TPSA) is 72.7 Å². The molecule has 7 nitrogen and oxygen atoms in total. The Hall–Kier alpha value is -1.88. The monoisotopic (exact) mass is 533 g/mol. The number of aromatic nitrogens is 2. The average Bonchev–Trinajstić information content (AvgIpc) is 2.97. The van der Waals surface area contributed by atoms with Crippen molar-refractivity contribution in [2.75, 3.05) is 26.8 Å². The highest BCUT2D eigenvalue weighted by atomic mass is 127. The van der Waals surface area contributed by atoms with Gasteiger partial charge in [-0.2, -0.15) is 5.10 Å². The molecular formula is C21H33FIN5O2. The number of hydrogen-bond donors (Lipinski definition) is 2. The zero-order valence-electron chi connectivity index (χ0n) is 18.4. The van der Waals surface area contributed by atoms with E-state index >= 15 is 0 Å². The molecule has 1 atom stereocenters. The van der Waals surface area contributed by atoms with E-state index in [2.05, 4.69) is 20.7 Å². The SMILES string of the molecule is CCNC(=NCc1c(C)nn(CCOC)c1C)NCC(C)Oc1ccccc1F.I. The first-order valence-corrected chi connectivity index (χ1v) is 9.91. The quantitative estimate of drug-likeness (QED) is 0.278. The van der Waals surface area contributed by atoms with Gasteiger partial charge in [-0.25, -0.2) is 9.38 Å². The number of para-hydroxylation sites is 1. The van der Waals surface area contributed by atoms with Crippen molar-refractivity contribution in [3.63, 3.8) is 0 Å². The molecule has 0 saturated heterocycles. The zero-order valence-corrected chi connectivity index (χ0v) is 20.7. The fourth-order valence-corrected chi connectivity index (χ4v) is 2.90. The minimum absolute atomic E-state index is 0. The van der Waals surface area contributed by atoms with Gasteiger partial charge in [-0.3, -0.25) is 4.68 Å². The third-order valence-electron chi connectivity index (χ3n) is 4.50. The number of nitrogens with zero attached hydrogens (tertiary/aromatic N) is 3. The molecule has 2 N–H and O–H groups in total. The summed E-state index contributed by atoms with van der Waals surface area (Å²) in [5, 5.41) is 11.1. The average molecular weight is 533 g/mol. The van der Waals surface area contributed by atoms with Gasteiger partial charge in [0.2, 0.25) is 0 Å². The molecular weight excluding hydrogens is 500 g/mol. The molecule has 1 aromatic carbocycles. The summed E-state index contributed by atoms with van der Waals surface area (Å²) < 4.78 is 26.5. The zero-order chi connectivity index (χ0) is 21.2. The predicted molar refractivity (Wildman–Crippen MR) is 128 cm³/mol. The van der Waals surface area contributed by atoms with Crippen LogP contribution in [-0.4, -0.2) is 48.7 Å². The van der Waals surface area contributed by atoms with Crippen LogP contribution in [0.2, 0.25) is 0 Å². The van der Waals surface area contributed by atoms with Crippen molar-refractivity contribution in [3.8, 4) is 5.75 Å². The highest BCUT2D eigenvalue weighted by Crippen LogP contribution is 2.17. The number of rotatable bonds is 10. The van der Waals surface area contributed by atoms with E-state index in [0.29, 0.717) is 25.7 Å². The van der Waals surface area contributed by atoms with Gasteiger partial charge in [-0.1, -0.05) is 12.1 Å². The van der Waals surface area contributed by atoms with E-state index < -0.39 is 0 Å². The van der Waals surface area contributed by atoms with Crippen LogP contribution >= 0.6 is 24.0 Å². The maximum atomic E-state index is 13.7. The summed E-state index contributed by atoms with van der Waals surface area (Å²) in [6.07, 6.45) is -0.226. The molecule has 1 unspecified atom stereocenters. The molecule has 0 fully saturated rings. The van der Waals surface area contributed by atoms with Crippen molar-refractivity contribution in [3.05, 3.63) is 47.0 Å². The first kappa shape index (κ1) is 26.2. The molecule has 30 heavy (non-hydrogen) atoms. The molecule has 0 radical (unpaired) electrons. The largest absolute Gasteiger partial charge is 0.486 e. The lowest BCUT2D eigenvalue weighted by Crippen LogP contribution is -2.41. The maximum Gasteiger partial charge on any atom is 0.191 e. The molecule has 9 heteroatoms. The van der Waals surface area contributed by atoms with Crippen molar-refractivity contribution >= 4 is 29.9 Å². The van der Waals surface area contributed by atoms with E-state index in [1.165, 1.54) is 6.07 Å². The lowest BCUT2D eigenvalue weighted by atomic mass is 10.2. The van der Waals surface area contributed by atoms with Crippen LogP contribution in [0.4, 0.5) is 4.39 Å². The molecule has 1 heterocycles. The summed E-state index contributed by atoms with van der Waals surface area (Å²) in [6.45, 7) is 11.0. The molecule has 0 aliphatic carbocycles. The van der Waals surface area contributed by atoms with Gasteiger partial charge >= 0.3 is 0 Å². The Morgan fingerprint density at radius 1 is 1.27 bits per heavy atom. The normalized spacial score (nSPS) is 12.3. The lowest BCUT2D eigenvalue weighted by molar-refractivity contribution is 0.182. The Balaban J connectivity index is 0.00000450. The Kier molecular flexibility index (Phi) is 11.7. The highest BCUT2D eigenvalue weighted by Gasteiger charge is 2.12. The smallest absolute Gasteiger partial charge is 0.191 e. The third kappa shape index (κ3) is 7.75.